The van der Waals surface area contributed by atoms with Crippen molar-refractivity contribution in [2.24, 2.45) is 11.7 Å². The van der Waals surface area contributed by atoms with E-state index in [2.05, 4.69) is 65.0 Å². The Bertz CT molecular complexity index is 336. The molecule has 1 heteroatoms. The van der Waals surface area contributed by atoms with Gasteiger partial charge in [-0.1, -0.05) is 58.0 Å². The van der Waals surface area contributed by atoms with Gasteiger partial charge in [0.15, 0.2) is 0 Å². The third-order valence-corrected chi connectivity index (χ3v) is 3.28. The maximum atomic E-state index is 6.44. The van der Waals surface area contributed by atoms with Crippen LogP contribution in [-0.4, -0.2) is 5.54 Å². The smallest absolute Gasteiger partial charge is 0.0136 e. The molecule has 1 atom stereocenters. The van der Waals surface area contributed by atoms with Crippen molar-refractivity contribution < 1.29 is 0 Å². The van der Waals surface area contributed by atoms with E-state index in [1.165, 1.54) is 5.56 Å². The summed E-state index contributed by atoms with van der Waals surface area (Å²) in [5.74, 6) is 0.650. The lowest BCUT2D eigenvalue weighted by Crippen LogP contribution is -2.43. The van der Waals surface area contributed by atoms with Gasteiger partial charge in [-0.3, -0.25) is 0 Å². The molecular formula is C16H27N. The van der Waals surface area contributed by atoms with Gasteiger partial charge in [0.2, 0.25) is 0 Å². The first-order chi connectivity index (χ1) is 7.73. The van der Waals surface area contributed by atoms with Crippen LogP contribution in [0.25, 0.3) is 0 Å². The summed E-state index contributed by atoms with van der Waals surface area (Å²) < 4.78 is 0. The molecule has 0 saturated carbocycles. The van der Waals surface area contributed by atoms with Crippen LogP contribution in [0.3, 0.4) is 0 Å². The van der Waals surface area contributed by atoms with Crippen LogP contribution in [0.1, 0.15) is 53.0 Å². The molecule has 0 amide bonds. The van der Waals surface area contributed by atoms with Crippen LogP contribution in [0.5, 0.6) is 0 Å². The summed E-state index contributed by atoms with van der Waals surface area (Å²) in [6, 6.07) is 10.7. The van der Waals surface area contributed by atoms with Gasteiger partial charge in [-0.2, -0.15) is 0 Å². The molecule has 0 aromatic heterocycles. The molecule has 0 fully saturated rings. The Labute approximate surface area is 106 Å². The van der Waals surface area contributed by atoms with E-state index < -0.39 is 0 Å². The topological polar surface area (TPSA) is 26.0 Å². The minimum Gasteiger partial charge on any atom is -0.325 e. The van der Waals surface area contributed by atoms with Gasteiger partial charge in [-0.05, 0) is 36.7 Å². The quantitative estimate of drug-likeness (QED) is 0.813. The van der Waals surface area contributed by atoms with E-state index in [1.807, 2.05) is 0 Å². The van der Waals surface area contributed by atoms with E-state index in [0.29, 0.717) is 5.92 Å². The van der Waals surface area contributed by atoms with Gasteiger partial charge in [0, 0.05) is 5.54 Å². The molecule has 1 unspecified atom stereocenters. The Balaban J connectivity index is 2.79. The van der Waals surface area contributed by atoms with E-state index in [1.54, 1.807) is 0 Å². The van der Waals surface area contributed by atoms with Gasteiger partial charge in [-0.15, -0.1) is 0 Å². The van der Waals surface area contributed by atoms with Crippen LogP contribution in [0.4, 0.5) is 0 Å². The average molecular weight is 233 g/mol. The molecule has 2 N–H and O–H groups in total. The molecule has 0 aliphatic carbocycles. The molecular weight excluding hydrogens is 206 g/mol. The monoisotopic (exact) mass is 233 g/mol. The van der Waals surface area contributed by atoms with Crippen LogP contribution >= 0.6 is 0 Å². The van der Waals surface area contributed by atoms with Crippen molar-refractivity contribution in [2.75, 3.05) is 0 Å². The van der Waals surface area contributed by atoms with Crippen LogP contribution < -0.4 is 5.73 Å². The van der Waals surface area contributed by atoms with Crippen molar-refractivity contribution in [3.63, 3.8) is 0 Å². The van der Waals surface area contributed by atoms with Crippen molar-refractivity contribution >= 4 is 0 Å². The maximum Gasteiger partial charge on any atom is 0.0136 e. The predicted molar refractivity (Wildman–Crippen MR) is 76.1 cm³/mol. The van der Waals surface area contributed by atoms with E-state index in [9.17, 15) is 0 Å². The fourth-order valence-electron chi connectivity index (χ4n) is 3.01. The average Bonchev–Trinajstić information content (AvgIpc) is 2.15. The number of rotatable bonds is 5. The number of nitrogens with two attached hydrogens (primary N) is 1. The number of hydrogen-bond acceptors (Lipinski definition) is 1. The second kappa shape index (κ2) is 5.22. The SMILES string of the molecule is CC(C)CC(C)(N)CC(C)(C)c1ccccc1. The number of hydrogen-bond donors (Lipinski definition) is 1. The Morgan fingerprint density at radius 1 is 1.06 bits per heavy atom. The third kappa shape index (κ3) is 4.51. The van der Waals surface area contributed by atoms with Gasteiger partial charge >= 0.3 is 0 Å². The summed E-state index contributed by atoms with van der Waals surface area (Å²) in [6.07, 6.45) is 2.09. The molecule has 96 valence electrons. The van der Waals surface area contributed by atoms with Gasteiger partial charge in [0.1, 0.15) is 0 Å². The van der Waals surface area contributed by atoms with Crippen LogP contribution in [-0.2, 0) is 5.41 Å². The van der Waals surface area contributed by atoms with E-state index in [4.69, 9.17) is 5.73 Å². The highest BCUT2D eigenvalue weighted by atomic mass is 14.7. The lowest BCUT2D eigenvalue weighted by molar-refractivity contribution is 0.281. The van der Waals surface area contributed by atoms with Crippen molar-refractivity contribution in [1.29, 1.82) is 0 Å². The molecule has 17 heavy (non-hydrogen) atoms. The molecule has 0 radical (unpaired) electrons. The van der Waals surface area contributed by atoms with Crippen molar-refractivity contribution in [3.8, 4) is 0 Å². The van der Waals surface area contributed by atoms with Crippen LogP contribution in [0, 0.1) is 5.92 Å². The first kappa shape index (κ1) is 14.2. The molecule has 0 spiro atoms. The summed E-state index contributed by atoms with van der Waals surface area (Å²) in [6.45, 7) is 11.2. The number of benzene rings is 1. The Morgan fingerprint density at radius 2 is 1.59 bits per heavy atom. The normalized spacial score (nSPS) is 15.9. The fourth-order valence-corrected chi connectivity index (χ4v) is 3.01. The van der Waals surface area contributed by atoms with Crippen molar-refractivity contribution in [2.45, 2.75) is 58.4 Å². The predicted octanol–water partition coefficient (Wildman–Crippen LogP) is 4.12. The lowest BCUT2D eigenvalue weighted by atomic mass is 9.72. The van der Waals surface area contributed by atoms with Crippen molar-refractivity contribution in [3.05, 3.63) is 35.9 Å². The zero-order chi connectivity index (χ0) is 13.1. The van der Waals surface area contributed by atoms with E-state index in [-0.39, 0.29) is 11.0 Å². The van der Waals surface area contributed by atoms with Crippen molar-refractivity contribution in [1.82, 2.24) is 0 Å². The van der Waals surface area contributed by atoms with Crippen LogP contribution in [0.15, 0.2) is 30.3 Å². The second-order valence-corrected chi connectivity index (χ2v) is 6.68. The van der Waals surface area contributed by atoms with Crippen LogP contribution in [0.2, 0.25) is 0 Å². The molecule has 0 heterocycles. The molecule has 0 aliphatic rings. The van der Waals surface area contributed by atoms with Gasteiger partial charge in [0.25, 0.3) is 0 Å². The molecule has 1 aromatic carbocycles. The Hall–Kier alpha value is -0.820. The zero-order valence-corrected chi connectivity index (χ0v) is 12.0. The molecule has 0 aliphatic heterocycles. The Kier molecular flexibility index (Phi) is 4.37. The summed E-state index contributed by atoms with van der Waals surface area (Å²) in [5.41, 5.74) is 7.87. The van der Waals surface area contributed by atoms with Gasteiger partial charge < -0.3 is 5.73 Å². The summed E-state index contributed by atoms with van der Waals surface area (Å²) >= 11 is 0. The summed E-state index contributed by atoms with van der Waals surface area (Å²) in [7, 11) is 0. The minimum atomic E-state index is -0.0898. The lowest BCUT2D eigenvalue weighted by Gasteiger charge is -2.36. The molecule has 1 aromatic rings. The van der Waals surface area contributed by atoms with Gasteiger partial charge in [0.05, 0.1) is 0 Å². The highest BCUT2D eigenvalue weighted by Gasteiger charge is 2.30. The first-order valence-electron chi connectivity index (χ1n) is 6.57. The standard InChI is InChI=1S/C16H27N/c1-13(2)11-16(5,17)12-15(3,4)14-9-7-6-8-10-14/h6-10,13H,11-12,17H2,1-5H3. The molecule has 0 saturated heterocycles. The zero-order valence-electron chi connectivity index (χ0n) is 12.0. The Morgan fingerprint density at radius 3 is 2.06 bits per heavy atom. The first-order valence-corrected chi connectivity index (χ1v) is 6.57. The highest BCUT2D eigenvalue weighted by molar-refractivity contribution is 5.24. The molecule has 1 nitrogen and oxygen atoms in total. The molecule has 0 bridgehead atoms. The summed E-state index contributed by atoms with van der Waals surface area (Å²) in [4.78, 5) is 0. The second-order valence-electron chi connectivity index (χ2n) is 6.68. The van der Waals surface area contributed by atoms with E-state index in [0.717, 1.165) is 12.8 Å². The maximum absolute atomic E-state index is 6.44. The summed E-state index contributed by atoms with van der Waals surface area (Å²) in [5, 5.41) is 0. The highest BCUT2D eigenvalue weighted by Crippen LogP contribution is 2.33. The fraction of sp³-hybridized carbons (Fsp3) is 0.625. The van der Waals surface area contributed by atoms with E-state index >= 15 is 0 Å². The van der Waals surface area contributed by atoms with Gasteiger partial charge in [-0.25, -0.2) is 0 Å². The minimum absolute atomic E-state index is 0.0898. The largest absolute Gasteiger partial charge is 0.325 e. The third-order valence-electron chi connectivity index (χ3n) is 3.28. The molecule has 1 rings (SSSR count).